The lowest BCUT2D eigenvalue weighted by molar-refractivity contribution is 0.313. The van der Waals surface area contributed by atoms with Gasteiger partial charge in [0.2, 0.25) is 0 Å². The molecule has 5 heteroatoms. The summed E-state index contributed by atoms with van der Waals surface area (Å²) in [6.07, 6.45) is 1.58. The Hall–Kier alpha value is -1.07. The van der Waals surface area contributed by atoms with Crippen LogP contribution >= 0.6 is 0 Å². The first kappa shape index (κ1) is 12.4. The predicted molar refractivity (Wildman–Crippen MR) is 58.8 cm³/mol. The van der Waals surface area contributed by atoms with Crippen molar-refractivity contribution in [2.75, 3.05) is 13.1 Å². The zero-order chi connectivity index (χ0) is 12.4. The van der Waals surface area contributed by atoms with Crippen molar-refractivity contribution in [3.8, 4) is 0 Å². The molecule has 0 unspecified atom stereocenters. The molecule has 2 nitrogen and oxygen atoms in total. The van der Waals surface area contributed by atoms with Crippen LogP contribution in [0.25, 0.3) is 0 Å². The van der Waals surface area contributed by atoms with E-state index in [-0.39, 0.29) is 11.5 Å². The quantitative estimate of drug-likeness (QED) is 0.782. The second kappa shape index (κ2) is 5.06. The topological polar surface area (TPSA) is 38.0 Å². The number of nitrogens with one attached hydrogen (secondary N) is 1. The number of hydrogen-bond donors (Lipinski definition) is 2. The van der Waals surface area contributed by atoms with Crippen molar-refractivity contribution in [2.45, 2.75) is 18.9 Å². The molecular weight excluding hydrogens is 229 g/mol. The molecule has 0 spiro atoms. The van der Waals surface area contributed by atoms with Gasteiger partial charge < -0.3 is 11.1 Å². The molecule has 0 amide bonds. The normalized spacial score (nSPS) is 19.3. The number of hydrogen-bond acceptors (Lipinski definition) is 2. The van der Waals surface area contributed by atoms with E-state index >= 15 is 0 Å². The minimum absolute atomic E-state index is 0.0607. The van der Waals surface area contributed by atoms with E-state index in [4.69, 9.17) is 5.73 Å². The molecule has 3 N–H and O–H groups in total. The molecule has 0 saturated carbocycles. The lowest BCUT2D eigenvalue weighted by atomic mass is 9.86. The highest BCUT2D eigenvalue weighted by Gasteiger charge is 2.25. The zero-order valence-electron chi connectivity index (χ0n) is 9.35. The average molecular weight is 244 g/mol. The van der Waals surface area contributed by atoms with Gasteiger partial charge in [-0.3, -0.25) is 0 Å². The second-order valence-electron chi connectivity index (χ2n) is 4.40. The van der Waals surface area contributed by atoms with Crippen LogP contribution in [0, 0.1) is 23.4 Å². The molecule has 0 bridgehead atoms. The van der Waals surface area contributed by atoms with Crippen LogP contribution in [0.3, 0.4) is 0 Å². The molecule has 1 saturated heterocycles. The van der Waals surface area contributed by atoms with Crippen LogP contribution in [-0.2, 0) is 0 Å². The Morgan fingerprint density at radius 2 is 1.82 bits per heavy atom. The maximum absolute atomic E-state index is 13.5. The van der Waals surface area contributed by atoms with Crippen LogP contribution in [0.4, 0.5) is 13.2 Å². The lowest BCUT2D eigenvalue weighted by Gasteiger charge is -2.28. The van der Waals surface area contributed by atoms with E-state index in [2.05, 4.69) is 5.32 Å². The van der Waals surface area contributed by atoms with Crippen molar-refractivity contribution in [3.05, 3.63) is 35.1 Å². The smallest absolute Gasteiger partial charge is 0.163 e. The molecule has 0 aromatic heterocycles. The highest BCUT2D eigenvalue weighted by atomic mass is 19.2. The van der Waals surface area contributed by atoms with Gasteiger partial charge >= 0.3 is 0 Å². The third-order valence-corrected chi connectivity index (χ3v) is 3.27. The van der Waals surface area contributed by atoms with E-state index in [0.717, 1.165) is 32.0 Å². The van der Waals surface area contributed by atoms with E-state index in [1.807, 2.05) is 0 Å². The largest absolute Gasteiger partial charge is 0.324 e. The number of benzene rings is 1. The Balaban J connectivity index is 2.26. The Labute approximate surface area is 98.0 Å². The molecule has 17 heavy (non-hydrogen) atoms. The van der Waals surface area contributed by atoms with Gasteiger partial charge in [0, 0.05) is 17.7 Å². The summed E-state index contributed by atoms with van der Waals surface area (Å²) < 4.78 is 39.7. The van der Waals surface area contributed by atoms with Crippen LogP contribution in [0.15, 0.2) is 12.1 Å². The Morgan fingerprint density at radius 3 is 2.47 bits per heavy atom. The Bertz CT molecular complexity index is 403. The van der Waals surface area contributed by atoms with Crippen molar-refractivity contribution in [1.29, 1.82) is 0 Å². The van der Waals surface area contributed by atoms with Gasteiger partial charge in [-0.1, -0.05) is 0 Å². The number of piperidine rings is 1. The van der Waals surface area contributed by atoms with Crippen LogP contribution in [0.1, 0.15) is 24.4 Å². The summed E-state index contributed by atoms with van der Waals surface area (Å²) in [6, 6.07) is 0.876. The minimum atomic E-state index is -1.18. The summed E-state index contributed by atoms with van der Waals surface area (Å²) in [4.78, 5) is 0. The van der Waals surface area contributed by atoms with Crippen LogP contribution < -0.4 is 11.1 Å². The molecular formula is C12H15F3N2. The first-order valence-electron chi connectivity index (χ1n) is 5.70. The molecule has 1 aliphatic heterocycles. The summed E-state index contributed by atoms with van der Waals surface area (Å²) in [5.74, 6) is -2.93. The van der Waals surface area contributed by atoms with Gasteiger partial charge in [-0.25, -0.2) is 13.2 Å². The fourth-order valence-corrected chi connectivity index (χ4v) is 2.28. The van der Waals surface area contributed by atoms with Crippen LogP contribution in [-0.4, -0.2) is 13.1 Å². The van der Waals surface area contributed by atoms with E-state index in [9.17, 15) is 13.2 Å². The lowest BCUT2D eigenvalue weighted by Crippen LogP contribution is -2.34. The number of halogens is 3. The van der Waals surface area contributed by atoms with Gasteiger partial charge in [0.15, 0.2) is 11.6 Å². The van der Waals surface area contributed by atoms with Gasteiger partial charge in [-0.05, 0) is 37.9 Å². The third-order valence-electron chi connectivity index (χ3n) is 3.27. The van der Waals surface area contributed by atoms with Gasteiger partial charge in [0.1, 0.15) is 5.82 Å². The Kier molecular flexibility index (Phi) is 3.69. The zero-order valence-corrected chi connectivity index (χ0v) is 9.35. The van der Waals surface area contributed by atoms with Crippen molar-refractivity contribution in [2.24, 2.45) is 11.7 Å². The third kappa shape index (κ3) is 2.61. The fraction of sp³-hybridized carbons (Fsp3) is 0.500. The maximum atomic E-state index is 13.5. The summed E-state index contributed by atoms with van der Waals surface area (Å²) in [5.41, 5.74) is 5.85. The minimum Gasteiger partial charge on any atom is -0.324 e. The number of rotatable bonds is 2. The first-order chi connectivity index (χ1) is 8.09. The molecule has 0 aliphatic carbocycles. The second-order valence-corrected chi connectivity index (χ2v) is 4.40. The van der Waals surface area contributed by atoms with Crippen molar-refractivity contribution >= 4 is 0 Å². The summed E-state index contributed by atoms with van der Waals surface area (Å²) in [7, 11) is 0. The Morgan fingerprint density at radius 1 is 1.18 bits per heavy atom. The van der Waals surface area contributed by atoms with Crippen molar-refractivity contribution < 1.29 is 13.2 Å². The molecule has 2 rings (SSSR count). The fourth-order valence-electron chi connectivity index (χ4n) is 2.28. The standard InChI is InChI=1S/C12H15F3N2/c13-8-5-9(11(15)10(14)6-8)12(16)7-1-3-17-4-2-7/h5-7,12,17H,1-4,16H2/t12-/m1/s1. The van der Waals surface area contributed by atoms with Crippen LogP contribution in [0.5, 0.6) is 0 Å². The van der Waals surface area contributed by atoms with Gasteiger partial charge in [-0.15, -0.1) is 0 Å². The van der Waals surface area contributed by atoms with Crippen molar-refractivity contribution in [1.82, 2.24) is 5.32 Å². The van der Waals surface area contributed by atoms with Gasteiger partial charge in [0.05, 0.1) is 0 Å². The molecule has 1 heterocycles. The maximum Gasteiger partial charge on any atom is 0.163 e. The molecule has 0 radical (unpaired) electrons. The SMILES string of the molecule is N[C@@H](c1cc(F)cc(F)c1F)C1CCNCC1. The monoisotopic (exact) mass is 244 g/mol. The highest BCUT2D eigenvalue weighted by molar-refractivity contribution is 5.24. The summed E-state index contributed by atoms with van der Waals surface area (Å²) >= 11 is 0. The van der Waals surface area contributed by atoms with E-state index in [0.29, 0.717) is 6.07 Å². The first-order valence-corrected chi connectivity index (χ1v) is 5.70. The van der Waals surface area contributed by atoms with E-state index < -0.39 is 23.5 Å². The predicted octanol–water partition coefficient (Wildman–Crippen LogP) is 2.10. The van der Waals surface area contributed by atoms with Crippen molar-refractivity contribution in [3.63, 3.8) is 0 Å². The number of nitrogens with two attached hydrogens (primary N) is 1. The van der Waals surface area contributed by atoms with Gasteiger partial charge in [0.25, 0.3) is 0 Å². The average Bonchev–Trinajstić information content (AvgIpc) is 2.34. The van der Waals surface area contributed by atoms with Crippen LogP contribution in [0.2, 0.25) is 0 Å². The molecule has 1 fully saturated rings. The summed E-state index contributed by atoms with van der Waals surface area (Å²) in [6.45, 7) is 1.61. The molecule has 1 aromatic carbocycles. The molecule has 1 aromatic rings. The summed E-state index contributed by atoms with van der Waals surface area (Å²) in [5, 5.41) is 3.16. The molecule has 1 aliphatic rings. The van der Waals surface area contributed by atoms with Gasteiger partial charge in [-0.2, -0.15) is 0 Å². The highest BCUT2D eigenvalue weighted by Crippen LogP contribution is 2.29. The van der Waals surface area contributed by atoms with E-state index in [1.54, 1.807) is 0 Å². The van der Waals surface area contributed by atoms with E-state index in [1.165, 1.54) is 0 Å². The molecule has 94 valence electrons. The molecule has 1 atom stereocenters.